The zero-order chi connectivity index (χ0) is 15.8. The summed E-state index contributed by atoms with van der Waals surface area (Å²) in [5.74, 6) is 0.810. The van der Waals surface area contributed by atoms with Crippen molar-refractivity contribution < 1.29 is 9.53 Å². The van der Waals surface area contributed by atoms with Crippen LogP contribution in [0.5, 0.6) is 0 Å². The Labute approximate surface area is 131 Å². The summed E-state index contributed by atoms with van der Waals surface area (Å²) in [6.45, 7) is 5.96. The van der Waals surface area contributed by atoms with Gasteiger partial charge in [0.2, 0.25) is 0 Å². The third-order valence-corrected chi connectivity index (χ3v) is 3.81. The third kappa shape index (κ3) is 4.92. The molecule has 0 saturated carbocycles. The number of nitrogens with one attached hydrogen (secondary N) is 1. The molecule has 0 spiro atoms. The highest BCUT2D eigenvalue weighted by molar-refractivity contribution is 5.74. The summed E-state index contributed by atoms with van der Waals surface area (Å²) >= 11 is 0. The van der Waals surface area contributed by atoms with E-state index in [2.05, 4.69) is 27.2 Å². The van der Waals surface area contributed by atoms with Gasteiger partial charge in [0.15, 0.2) is 0 Å². The van der Waals surface area contributed by atoms with Crippen molar-refractivity contribution in [2.45, 2.75) is 25.9 Å². The molecule has 1 N–H and O–H groups in total. The number of ether oxygens (including phenoxy) is 1. The van der Waals surface area contributed by atoms with Crippen molar-refractivity contribution in [1.82, 2.24) is 25.1 Å². The number of amides is 2. The second-order valence-corrected chi connectivity index (χ2v) is 5.40. The van der Waals surface area contributed by atoms with E-state index < -0.39 is 0 Å². The lowest BCUT2D eigenvalue weighted by molar-refractivity contribution is 0.146. The maximum Gasteiger partial charge on any atom is 0.317 e. The van der Waals surface area contributed by atoms with Crippen LogP contribution in [0.15, 0.2) is 18.5 Å². The first kappa shape index (κ1) is 16.6. The molecule has 0 aromatic carbocycles. The first-order valence-electron chi connectivity index (χ1n) is 7.77. The Morgan fingerprint density at radius 1 is 1.50 bits per heavy atom. The fourth-order valence-electron chi connectivity index (χ4n) is 2.54. The summed E-state index contributed by atoms with van der Waals surface area (Å²) in [6, 6.07) is 2.15. The van der Waals surface area contributed by atoms with Gasteiger partial charge in [0.1, 0.15) is 5.82 Å². The number of carbonyl (C=O) groups is 1. The summed E-state index contributed by atoms with van der Waals surface area (Å²) in [7, 11) is 2.05. The van der Waals surface area contributed by atoms with Gasteiger partial charge in [-0.3, -0.25) is 4.90 Å². The predicted octanol–water partition coefficient (Wildman–Crippen LogP) is 0.729. The Morgan fingerprint density at radius 2 is 2.27 bits per heavy atom. The van der Waals surface area contributed by atoms with Crippen LogP contribution < -0.4 is 5.32 Å². The quantitative estimate of drug-likeness (QED) is 0.752. The van der Waals surface area contributed by atoms with Crippen LogP contribution in [0.2, 0.25) is 0 Å². The highest BCUT2D eigenvalue weighted by atomic mass is 16.5. The van der Waals surface area contributed by atoms with E-state index in [9.17, 15) is 4.79 Å². The first-order valence-corrected chi connectivity index (χ1v) is 7.77. The third-order valence-electron chi connectivity index (χ3n) is 3.81. The number of likely N-dealkylation sites (tertiary alicyclic amines) is 1. The van der Waals surface area contributed by atoms with E-state index >= 15 is 0 Å². The van der Waals surface area contributed by atoms with Gasteiger partial charge in [0, 0.05) is 44.7 Å². The van der Waals surface area contributed by atoms with E-state index in [0.717, 1.165) is 25.3 Å². The molecule has 122 valence electrons. The van der Waals surface area contributed by atoms with Crippen LogP contribution in [-0.2, 0) is 11.3 Å². The van der Waals surface area contributed by atoms with Crippen molar-refractivity contribution in [3.05, 3.63) is 24.3 Å². The number of carbonyl (C=O) groups excluding carboxylic acids is 1. The summed E-state index contributed by atoms with van der Waals surface area (Å²) in [4.78, 5) is 24.6. The molecular formula is C15H25N5O2. The highest BCUT2D eigenvalue weighted by Crippen LogP contribution is 2.15. The van der Waals surface area contributed by atoms with E-state index in [-0.39, 0.29) is 6.03 Å². The minimum atomic E-state index is -0.00781. The van der Waals surface area contributed by atoms with Gasteiger partial charge in [0.25, 0.3) is 0 Å². The van der Waals surface area contributed by atoms with Gasteiger partial charge in [-0.2, -0.15) is 0 Å². The minimum absolute atomic E-state index is 0.00781. The molecule has 2 rings (SSSR count). The lowest BCUT2D eigenvalue weighted by Gasteiger charge is -2.24. The van der Waals surface area contributed by atoms with Gasteiger partial charge < -0.3 is 15.0 Å². The fraction of sp³-hybridized carbons (Fsp3) is 0.667. The first-order chi connectivity index (χ1) is 10.7. The lowest BCUT2D eigenvalue weighted by atomic mass is 10.2. The van der Waals surface area contributed by atoms with Crippen molar-refractivity contribution >= 4 is 6.03 Å². The number of urea groups is 1. The van der Waals surface area contributed by atoms with E-state index in [1.54, 1.807) is 12.4 Å². The number of nitrogens with zero attached hydrogens (tertiary/aromatic N) is 4. The maximum atomic E-state index is 12.1. The van der Waals surface area contributed by atoms with Crippen LogP contribution in [0.25, 0.3) is 0 Å². The molecule has 2 heterocycles. The fourth-order valence-corrected chi connectivity index (χ4v) is 2.54. The summed E-state index contributed by atoms with van der Waals surface area (Å²) in [5.41, 5.74) is 0. The van der Waals surface area contributed by atoms with Gasteiger partial charge in [-0.25, -0.2) is 14.8 Å². The topological polar surface area (TPSA) is 70.6 Å². The molecule has 2 amide bonds. The second-order valence-electron chi connectivity index (χ2n) is 5.40. The zero-order valence-corrected chi connectivity index (χ0v) is 13.4. The Kier molecular flexibility index (Phi) is 6.54. The molecule has 0 radical (unpaired) electrons. The standard InChI is InChI=1S/C15H25N5O2/c1-3-22-10-8-18-15(21)20-9-5-13(11-20)19(2)12-14-16-6-4-7-17-14/h4,6-7,13H,3,5,8-12H2,1-2H3,(H,18,21)/t13-/m0/s1. The summed E-state index contributed by atoms with van der Waals surface area (Å²) in [5, 5.41) is 2.89. The molecule has 1 aromatic heterocycles. The average molecular weight is 307 g/mol. The molecule has 1 aromatic rings. The Hall–Kier alpha value is -1.73. The molecule has 7 heteroatoms. The number of hydrogen-bond acceptors (Lipinski definition) is 5. The van der Waals surface area contributed by atoms with Crippen LogP contribution >= 0.6 is 0 Å². The van der Waals surface area contributed by atoms with Crippen molar-refractivity contribution in [2.75, 3.05) is 39.9 Å². The molecule has 1 atom stereocenters. The van der Waals surface area contributed by atoms with Gasteiger partial charge in [-0.15, -0.1) is 0 Å². The number of hydrogen-bond donors (Lipinski definition) is 1. The molecule has 7 nitrogen and oxygen atoms in total. The molecule has 1 aliphatic heterocycles. The smallest absolute Gasteiger partial charge is 0.317 e. The largest absolute Gasteiger partial charge is 0.380 e. The second kappa shape index (κ2) is 8.65. The van der Waals surface area contributed by atoms with Crippen LogP contribution in [-0.4, -0.2) is 71.7 Å². The SMILES string of the molecule is CCOCCNC(=O)N1CC[C@H](N(C)Cc2ncccn2)C1. The molecule has 1 aliphatic rings. The molecular weight excluding hydrogens is 282 g/mol. The van der Waals surface area contributed by atoms with Gasteiger partial charge in [0.05, 0.1) is 13.2 Å². The van der Waals surface area contributed by atoms with Gasteiger partial charge in [-0.05, 0) is 26.5 Å². The van der Waals surface area contributed by atoms with Crippen molar-refractivity contribution in [3.63, 3.8) is 0 Å². The van der Waals surface area contributed by atoms with Crippen molar-refractivity contribution in [2.24, 2.45) is 0 Å². The summed E-state index contributed by atoms with van der Waals surface area (Å²) < 4.78 is 5.22. The Morgan fingerprint density at radius 3 is 3.00 bits per heavy atom. The molecule has 0 bridgehead atoms. The van der Waals surface area contributed by atoms with Crippen LogP contribution in [0.4, 0.5) is 4.79 Å². The van der Waals surface area contributed by atoms with Gasteiger partial charge in [-0.1, -0.05) is 0 Å². The van der Waals surface area contributed by atoms with E-state index in [1.807, 2.05) is 17.9 Å². The predicted molar refractivity (Wildman–Crippen MR) is 83.4 cm³/mol. The van der Waals surface area contributed by atoms with E-state index in [1.165, 1.54) is 0 Å². The van der Waals surface area contributed by atoms with Gasteiger partial charge >= 0.3 is 6.03 Å². The number of likely N-dealkylation sites (N-methyl/N-ethyl adjacent to an activating group) is 1. The number of rotatable bonds is 7. The molecule has 0 unspecified atom stereocenters. The zero-order valence-electron chi connectivity index (χ0n) is 13.4. The lowest BCUT2D eigenvalue weighted by Crippen LogP contribution is -2.42. The maximum absolute atomic E-state index is 12.1. The molecule has 1 saturated heterocycles. The molecule has 1 fully saturated rings. The normalized spacial score (nSPS) is 18.0. The minimum Gasteiger partial charge on any atom is -0.380 e. The summed E-state index contributed by atoms with van der Waals surface area (Å²) in [6.07, 6.45) is 4.48. The van der Waals surface area contributed by atoms with E-state index in [0.29, 0.717) is 32.3 Å². The van der Waals surface area contributed by atoms with Crippen molar-refractivity contribution in [1.29, 1.82) is 0 Å². The van der Waals surface area contributed by atoms with Crippen LogP contribution in [0.3, 0.4) is 0 Å². The van der Waals surface area contributed by atoms with Crippen LogP contribution in [0.1, 0.15) is 19.2 Å². The Balaban J connectivity index is 1.73. The van der Waals surface area contributed by atoms with E-state index in [4.69, 9.17) is 4.74 Å². The molecule has 22 heavy (non-hydrogen) atoms. The number of aromatic nitrogens is 2. The highest BCUT2D eigenvalue weighted by Gasteiger charge is 2.28. The van der Waals surface area contributed by atoms with Crippen LogP contribution in [0, 0.1) is 0 Å². The average Bonchev–Trinajstić information content (AvgIpc) is 3.02. The Bertz CT molecular complexity index is 457. The molecule has 0 aliphatic carbocycles. The van der Waals surface area contributed by atoms with Crippen molar-refractivity contribution in [3.8, 4) is 0 Å². The monoisotopic (exact) mass is 307 g/mol.